The molecule has 1 fully saturated rings. The second kappa shape index (κ2) is 6.48. The number of hydrogen-bond donors (Lipinski definition) is 1. The Labute approximate surface area is 127 Å². The normalized spacial score (nSPS) is 16.7. The molecule has 1 atom stereocenters. The van der Waals surface area contributed by atoms with Crippen molar-refractivity contribution in [1.82, 2.24) is 5.32 Å². The molecule has 1 saturated carbocycles. The summed E-state index contributed by atoms with van der Waals surface area (Å²) >= 11 is 0. The summed E-state index contributed by atoms with van der Waals surface area (Å²) in [6.45, 7) is 5.27. The predicted molar refractivity (Wildman–Crippen MR) is 86.6 cm³/mol. The third-order valence-corrected chi connectivity index (χ3v) is 4.63. The highest BCUT2D eigenvalue weighted by atomic mass is 16.3. The van der Waals surface area contributed by atoms with Gasteiger partial charge in [-0.25, -0.2) is 0 Å². The average molecular weight is 283 g/mol. The van der Waals surface area contributed by atoms with E-state index in [9.17, 15) is 0 Å². The molecule has 2 nitrogen and oxygen atoms in total. The van der Waals surface area contributed by atoms with Crippen molar-refractivity contribution in [2.75, 3.05) is 6.54 Å². The van der Waals surface area contributed by atoms with Gasteiger partial charge in [-0.15, -0.1) is 0 Å². The van der Waals surface area contributed by atoms with Crippen molar-refractivity contribution in [3.8, 4) is 0 Å². The van der Waals surface area contributed by atoms with Crippen LogP contribution in [0.1, 0.15) is 67.0 Å². The third kappa shape index (κ3) is 3.06. The number of furan rings is 1. The highest BCUT2D eigenvalue weighted by Crippen LogP contribution is 2.37. The van der Waals surface area contributed by atoms with Crippen LogP contribution in [-0.2, 0) is 0 Å². The van der Waals surface area contributed by atoms with Gasteiger partial charge in [-0.1, -0.05) is 37.6 Å². The lowest BCUT2D eigenvalue weighted by atomic mass is 9.79. The van der Waals surface area contributed by atoms with Crippen molar-refractivity contribution in [3.63, 3.8) is 0 Å². The van der Waals surface area contributed by atoms with Gasteiger partial charge in [0.15, 0.2) is 0 Å². The van der Waals surface area contributed by atoms with E-state index in [0.29, 0.717) is 0 Å². The summed E-state index contributed by atoms with van der Waals surface area (Å²) in [6, 6.07) is 11.5. The first-order valence-corrected chi connectivity index (χ1v) is 8.17. The van der Waals surface area contributed by atoms with Crippen LogP contribution in [-0.4, -0.2) is 6.54 Å². The highest BCUT2D eigenvalue weighted by molar-refractivity contribution is 5.36. The van der Waals surface area contributed by atoms with Gasteiger partial charge in [0.1, 0.15) is 5.76 Å². The second-order valence-corrected chi connectivity index (χ2v) is 6.12. The molecule has 0 amide bonds. The van der Waals surface area contributed by atoms with E-state index in [1.54, 1.807) is 6.26 Å². The maximum absolute atomic E-state index is 5.52. The molecule has 21 heavy (non-hydrogen) atoms. The smallest absolute Gasteiger partial charge is 0.105 e. The molecule has 1 aromatic heterocycles. The summed E-state index contributed by atoms with van der Waals surface area (Å²) < 4.78 is 5.52. The summed E-state index contributed by atoms with van der Waals surface area (Å²) in [7, 11) is 0. The first kappa shape index (κ1) is 14.4. The Balaban J connectivity index is 1.90. The maximum atomic E-state index is 5.52. The standard InChI is InChI=1S/C19H25NO/c1-3-11-20-19(18-10-12-21-14(18)2)17-9-5-8-16(13-17)15-6-4-7-15/h5,8-10,12-13,15,19-20H,3-4,6-7,11H2,1-2H3. The first-order chi connectivity index (χ1) is 10.3. The van der Waals surface area contributed by atoms with Gasteiger partial charge in [-0.05, 0) is 55.8 Å². The van der Waals surface area contributed by atoms with Crippen molar-refractivity contribution >= 4 is 0 Å². The molecule has 1 unspecified atom stereocenters. The van der Waals surface area contributed by atoms with Gasteiger partial charge in [-0.2, -0.15) is 0 Å². The Morgan fingerprint density at radius 3 is 2.76 bits per heavy atom. The largest absolute Gasteiger partial charge is 0.469 e. The molecule has 1 heterocycles. The topological polar surface area (TPSA) is 25.2 Å². The summed E-state index contributed by atoms with van der Waals surface area (Å²) in [6.07, 6.45) is 7.01. The number of rotatable bonds is 6. The summed E-state index contributed by atoms with van der Waals surface area (Å²) in [4.78, 5) is 0. The molecule has 1 N–H and O–H groups in total. The van der Waals surface area contributed by atoms with Crippen LogP contribution in [0.15, 0.2) is 41.0 Å². The van der Waals surface area contributed by atoms with Crippen LogP contribution in [0, 0.1) is 6.92 Å². The SMILES string of the molecule is CCCNC(c1cccc(C2CCC2)c1)c1ccoc1C. The van der Waals surface area contributed by atoms with Crippen molar-refractivity contribution in [1.29, 1.82) is 0 Å². The minimum Gasteiger partial charge on any atom is -0.469 e. The fraction of sp³-hybridized carbons (Fsp3) is 0.474. The van der Waals surface area contributed by atoms with Crippen molar-refractivity contribution in [2.24, 2.45) is 0 Å². The Morgan fingerprint density at radius 2 is 2.14 bits per heavy atom. The molecule has 0 bridgehead atoms. The zero-order valence-corrected chi connectivity index (χ0v) is 13.1. The Kier molecular flexibility index (Phi) is 4.45. The highest BCUT2D eigenvalue weighted by Gasteiger charge is 2.22. The Hall–Kier alpha value is -1.54. The monoisotopic (exact) mass is 283 g/mol. The molecule has 0 radical (unpaired) electrons. The molecule has 3 rings (SSSR count). The molecule has 1 aromatic carbocycles. The predicted octanol–water partition coefficient (Wildman–Crippen LogP) is 4.94. The minimum atomic E-state index is 0.240. The summed E-state index contributed by atoms with van der Waals surface area (Å²) in [5, 5.41) is 3.67. The van der Waals surface area contributed by atoms with Crippen LogP contribution in [0.25, 0.3) is 0 Å². The van der Waals surface area contributed by atoms with E-state index in [1.165, 1.54) is 36.0 Å². The summed E-state index contributed by atoms with van der Waals surface area (Å²) in [5.41, 5.74) is 4.12. The molecule has 112 valence electrons. The van der Waals surface area contributed by atoms with Crippen LogP contribution in [0.2, 0.25) is 0 Å². The van der Waals surface area contributed by atoms with Crippen LogP contribution in [0.4, 0.5) is 0 Å². The Morgan fingerprint density at radius 1 is 1.29 bits per heavy atom. The van der Waals surface area contributed by atoms with Gasteiger partial charge in [0.25, 0.3) is 0 Å². The molecular formula is C19H25NO. The third-order valence-electron chi connectivity index (χ3n) is 4.63. The second-order valence-electron chi connectivity index (χ2n) is 6.12. The van der Waals surface area contributed by atoms with Gasteiger partial charge in [0.05, 0.1) is 12.3 Å². The quantitative estimate of drug-likeness (QED) is 0.812. The van der Waals surface area contributed by atoms with Gasteiger partial charge in [0, 0.05) is 5.56 Å². The molecule has 1 aliphatic rings. The van der Waals surface area contributed by atoms with Crippen LogP contribution >= 0.6 is 0 Å². The van der Waals surface area contributed by atoms with E-state index in [1.807, 2.05) is 6.92 Å². The number of aryl methyl sites for hydroxylation is 1. The zero-order valence-electron chi connectivity index (χ0n) is 13.1. The first-order valence-electron chi connectivity index (χ1n) is 8.17. The van der Waals surface area contributed by atoms with Crippen molar-refractivity contribution in [2.45, 2.75) is 51.5 Å². The Bertz CT molecular complexity index is 583. The number of nitrogens with one attached hydrogen (secondary N) is 1. The molecule has 1 aliphatic carbocycles. The lowest BCUT2D eigenvalue weighted by molar-refractivity contribution is 0.419. The van der Waals surface area contributed by atoms with Gasteiger partial charge in [-0.3, -0.25) is 0 Å². The van der Waals surface area contributed by atoms with E-state index in [-0.39, 0.29) is 6.04 Å². The maximum Gasteiger partial charge on any atom is 0.105 e. The molecular weight excluding hydrogens is 258 g/mol. The van der Waals surface area contributed by atoms with Gasteiger partial charge in [0.2, 0.25) is 0 Å². The zero-order chi connectivity index (χ0) is 14.7. The fourth-order valence-electron chi connectivity index (χ4n) is 3.12. The molecule has 0 saturated heterocycles. The lowest BCUT2D eigenvalue weighted by Crippen LogP contribution is -2.23. The van der Waals surface area contributed by atoms with Crippen molar-refractivity contribution < 1.29 is 4.42 Å². The van der Waals surface area contributed by atoms with E-state index in [4.69, 9.17) is 4.42 Å². The van der Waals surface area contributed by atoms with Gasteiger partial charge < -0.3 is 9.73 Å². The summed E-state index contributed by atoms with van der Waals surface area (Å²) in [5.74, 6) is 1.79. The molecule has 2 aromatic rings. The molecule has 2 heteroatoms. The van der Waals surface area contributed by atoms with Crippen LogP contribution < -0.4 is 5.32 Å². The number of hydrogen-bond acceptors (Lipinski definition) is 2. The minimum absolute atomic E-state index is 0.240. The van der Waals surface area contributed by atoms with E-state index < -0.39 is 0 Å². The van der Waals surface area contributed by atoms with Crippen LogP contribution in [0.3, 0.4) is 0 Å². The van der Waals surface area contributed by atoms with E-state index in [0.717, 1.165) is 24.6 Å². The number of benzene rings is 1. The lowest BCUT2D eigenvalue weighted by Gasteiger charge is -2.27. The fourth-order valence-corrected chi connectivity index (χ4v) is 3.12. The van der Waals surface area contributed by atoms with Crippen molar-refractivity contribution in [3.05, 3.63) is 59.0 Å². The average Bonchev–Trinajstić information content (AvgIpc) is 2.84. The van der Waals surface area contributed by atoms with Gasteiger partial charge >= 0.3 is 0 Å². The van der Waals surface area contributed by atoms with Crippen LogP contribution in [0.5, 0.6) is 0 Å². The van der Waals surface area contributed by atoms with E-state index >= 15 is 0 Å². The van der Waals surface area contributed by atoms with E-state index in [2.05, 4.69) is 42.6 Å². The molecule has 0 spiro atoms. The molecule has 0 aliphatic heterocycles.